The molecule has 9 heteroatoms. The highest BCUT2D eigenvalue weighted by Gasteiger charge is 2.84. The minimum absolute atomic E-state index is 0.0128. The maximum absolute atomic E-state index is 13.2. The van der Waals surface area contributed by atoms with Crippen molar-refractivity contribution in [1.82, 2.24) is 0 Å². The normalized spacial score (nSPS) is 40.1. The van der Waals surface area contributed by atoms with Gasteiger partial charge in [-0.3, -0.25) is 9.59 Å². The summed E-state index contributed by atoms with van der Waals surface area (Å²) in [6, 6.07) is 1.76. The molecule has 2 fully saturated rings. The number of allylic oxidation sites excluding steroid dienone is 1. The van der Waals surface area contributed by atoms with Gasteiger partial charge in [-0.2, -0.15) is 0 Å². The van der Waals surface area contributed by atoms with Crippen molar-refractivity contribution in [3.05, 3.63) is 48.5 Å². The number of Topliss-reactive ketones (excluding diaryl/α,β-unsaturated/α-hetero) is 1. The number of carbonyl (C=O) groups excluding carboxylic acids is 4. The molecular formula is C28H32O9. The molecular weight excluding hydrogens is 480 g/mol. The van der Waals surface area contributed by atoms with Crippen molar-refractivity contribution in [3.8, 4) is 0 Å². The molecule has 2 saturated heterocycles. The van der Waals surface area contributed by atoms with Gasteiger partial charge in [-0.05, 0) is 40.2 Å². The van der Waals surface area contributed by atoms with Crippen molar-refractivity contribution < 1.29 is 42.5 Å². The molecule has 7 unspecified atom stereocenters. The van der Waals surface area contributed by atoms with Gasteiger partial charge in [-0.25, -0.2) is 9.59 Å². The van der Waals surface area contributed by atoms with E-state index in [2.05, 4.69) is 0 Å². The maximum Gasteiger partial charge on any atom is 0.339 e. The van der Waals surface area contributed by atoms with Gasteiger partial charge < -0.3 is 23.4 Å². The van der Waals surface area contributed by atoms with Crippen LogP contribution < -0.4 is 0 Å². The number of carbonyl (C=O) groups is 4. The van der Waals surface area contributed by atoms with Crippen LogP contribution in [0.5, 0.6) is 0 Å². The molecule has 1 spiro atoms. The van der Waals surface area contributed by atoms with Crippen LogP contribution in [0.25, 0.3) is 0 Å². The summed E-state index contributed by atoms with van der Waals surface area (Å²) >= 11 is 0. The van der Waals surface area contributed by atoms with Crippen molar-refractivity contribution in [2.24, 2.45) is 16.2 Å². The average molecular weight is 513 g/mol. The molecule has 0 amide bonds. The second kappa shape index (κ2) is 7.90. The van der Waals surface area contributed by atoms with Gasteiger partial charge in [0.25, 0.3) is 0 Å². The van der Waals surface area contributed by atoms with Gasteiger partial charge in [0.05, 0.1) is 23.4 Å². The number of hydrogen-bond acceptors (Lipinski definition) is 9. The van der Waals surface area contributed by atoms with Crippen molar-refractivity contribution in [3.63, 3.8) is 0 Å². The first-order valence-electron chi connectivity index (χ1n) is 12.4. The first-order valence-corrected chi connectivity index (χ1v) is 12.4. The largest absolute Gasteiger partial charge is 0.472 e. The molecule has 0 aromatic carbocycles. The number of cyclic esters (lactones) is 2. The molecule has 4 heterocycles. The van der Waals surface area contributed by atoms with Crippen LogP contribution in [-0.4, -0.2) is 47.1 Å². The molecule has 9 nitrogen and oxygen atoms in total. The van der Waals surface area contributed by atoms with Gasteiger partial charge in [0.1, 0.15) is 29.2 Å². The van der Waals surface area contributed by atoms with Crippen molar-refractivity contribution >= 4 is 23.7 Å². The van der Waals surface area contributed by atoms with Gasteiger partial charge in [0.15, 0.2) is 6.10 Å². The first-order chi connectivity index (χ1) is 17.2. The van der Waals surface area contributed by atoms with E-state index in [1.54, 1.807) is 32.3 Å². The average Bonchev–Trinajstić information content (AvgIpc) is 3.36. The number of epoxide rings is 1. The number of ether oxygens (including phenoxy) is 4. The Morgan fingerprint density at radius 1 is 1.11 bits per heavy atom. The summed E-state index contributed by atoms with van der Waals surface area (Å²) < 4.78 is 29.0. The van der Waals surface area contributed by atoms with E-state index in [1.807, 2.05) is 26.0 Å². The van der Waals surface area contributed by atoms with Crippen molar-refractivity contribution in [2.75, 3.05) is 0 Å². The third-order valence-corrected chi connectivity index (χ3v) is 9.19. The molecule has 0 N–H and O–H groups in total. The Morgan fingerprint density at radius 3 is 2.43 bits per heavy atom. The van der Waals surface area contributed by atoms with E-state index in [1.165, 1.54) is 26.2 Å². The van der Waals surface area contributed by atoms with Crippen LogP contribution in [0.4, 0.5) is 0 Å². The lowest BCUT2D eigenvalue weighted by Gasteiger charge is -2.55. The monoisotopic (exact) mass is 512 g/mol. The highest BCUT2D eigenvalue weighted by molar-refractivity contribution is 5.92. The Hall–Kier alpha value is -3.20. The SMILES string of the molecule is CC(=O)OC(CC1(C(C)=O)C=CC(=O)OC1(C)C)C1(C)C=CCC2(C)C(c3ccoc3)OC(=O)C3OC312. The summed E-state index contributed by atoms with van der Waals surface area (Å²) in [5.74, 6) is -1.84. The Balaban J connectivity index is 1.65. The van der Waals surface area contributed by atoms with Crippen LogP contribution in [0.2, 0.25) is 0 Å². The topological polar surface area (TPSA) is 122 Å². The Labute approximate surface area is 215 Å². The fourth-order valence-corrected chi connectivity index (χ4v) is 7.12. The summed E-state index contributed by atoms with van der Waals surface area (Å²) in [6.45, 7) is 9.96. The summed E-state index contributed by atoms with van der Waals surface area (Å²) in [7, 11) is 0. The van der Waals surface area contributed by atoms with Gasteiger partial charge in [-0.15, -0.1) is 0 Å². The summed E-state index contributed by atoms with van der Waals surface area (Å²) in [4.78, 5) is 50.9. The lowest BCUT2D eigenvalue weighted by molar-refractivity contribution is -0.191. The van der Waals surface area contributed by atoms with Crippen molar-refractivity contribution in [1.29, 1.82) is 0 Å². The Bertz CT molecular complexity index is 1230. The van der Waals surface area contributed by atoms with Crippen molar-refractivity contribution in [2.45, 2.75) is 83.9 Å². The lowest BCUT2D eigenvalue weighted by atomic mass is 9.50. The molecule has 1 aromatic heterocycles. The quantitative estimate of drug-likeness (QED) is 0.243. The Kier molecular flexibility index (Phi) is 5.43. The molecule has 1 aliphatic carbocycles. The fraction of sp³-hybridized carbons (Fsp3) is 0.571. The van der Waals surface area contributed by atoms with E-state index < -0.39 is 63.7 Å². The zero-order valence-corrected chi connectivity index (χ0v) is 21.9. The highest BCUT2D eigenvalue weighted by Crippen LogP contribution is 2.73. The molecule has 0 saturated carbocycles. The molecule has 1 aromatic rings. The zero-order valence-electron chi connectivity index (χ0n) is 21.9. The van der Waals surface area contributed by atoms with E-state index in [-0.39, 0.29) is 12.2 Å². The van der Waals surface area contributed by atoms with Gasteiger partial charge in [0.2, 0.25) is 0 Å². The summed E-state index contributed by atoms with van der Waals surface area (Å²) in [5, 5.41) is 0. The minimum atomic E-state index is -1.29. The zero-order chi connectivity index (χ0) is 27.0. The van der Waals surface area contributed by atoms with Crippen LogP contribution in [-0.2, 0) is 38.1 Å². The standard InChI is InChI=1S/C28H32O9/c1-16(29)27(12-8-20(31)36-24(27,3)4)14-19(34-17(2)30)25(5)10-7-11-26(6)21(18-9-13-33-15-18)35-23(32)22-28(25,26)37-22/h7-10,12-13,15,19,21-22H,11,14H2,1-6H3. The predicted octanol–water partition coefficient (Wildman–Crippen LogP) is 3.78. The molecule has 37 heavy (non-hydrogen) atoms. The Morgan fingerprint density at radius 2 is 1.84 bits per heavy atom. The predicted molar refractivity (Wildman–Crippen MR) is 128 cm³/mol. The van der Waals surface area contributed by atoms with Gasteiger partial charge in [0, 0.05) is 30.4 Å². The van der Waals surface area contributed by atoms with E-state index in [0.717, 1.165) is 0 Å². The number of rotatable bonds is 6. The molecule has 0 radical (unpaired) electrons. The highest BCUT2D eigenvalue weighted by atomic mass is 16.7. The number of esters is 3. The third kappa shape index (κ3) is 3.25. The van der Waals surface area contributed by atoms with Crippen LogP contribution in [0.3, 0.4) is 0 Å². The first kappa shape index (κ1) is 25.4. The van der Waals surface area contributed by atoms with Gasteiger partial charge in [-0.1, -0.05) is 25.2 Å². The number of hydrogen-bond donors (Lipinski definition) is 0. The van der Waals surface area contributed by atoms with Crippen LogP contribution >= 0.6 is 0 Å². The number of furan rings is 1. The molecule has 7 atom stereocenters. The van der Waals surface area contributed by atoms with Crippen LogP contribution in [0, 0.1) is 16.2 Å². The molecule has 0 bridgehead atoms. The second-order valence-electron chi connectivity index (χ2n) is 11.5. The molecule has 5 rings (SSSR count). The van der Waals surface area contributed by atoms with E-state index in [9.17, 15) is 19.2 Å². The second-order valence-corrected chi connectivity index (χ2v) is 11.5. The lowest BCUT2D eigenvalue weighted by Crippen LogP contribution is -2.64. The van der Waals surface area contributed by atoms with Gasteiger partial charge >= 0.3 is 17.9 Å². The fourth-order valence-electron chi connectivity index (χ4n) is 7.12. The summed E-state index contributed by atoms with van der Waals surface area (Å²) in [6.07, 6.45) is 7.88. The molecule has 4 aliphatic rings. The van der Waals surface area contributed by atoms with Crippen LogP contribution in [0.1, 0.15) is 66.1 Å². The maximum atomic E-state index is 13.2. The smallest absolute Gasteiger partial charge is 0.339 e. The van der Waals surface area contributed by atoms with E-state index >= 15 is 0 Å². The minimum Gasteiger partial charge on any atom is -0.472 e. The number of ketones is 1. The molecule has 198 valence electrons. The molecule has 3 aliphatic heterocycles. The van der Waals surface area contributed by atoms with Crippen LogP contribution in [0.15, 0.2) is 47.3 Å². The van der Waals surface area contributed by atoms with E-state index in [0.29, 0.717) is 12.0 Å². The summed E-state index contributed by atoms with van der Waals surface area (Å²) in [5.41, 5.74) is -4.64. The third-order valence-electron chi connectivity index (χ3n) is 9.19. The van der Waals surface area contributed by atoms with E-state index in [4.69, 9.17) is 23.4 Å².